The van der Waals surface area contributed by atoms with Crippen molar-refractivity contribution in [2.24, 2.45) is 17.8 Å². The predicted octanol–water partition coefficient (Wildman–Crippen LogP) is 3.70. The van der Waals surface area contributed by atoms with Gasteiger partial charge in [0.1, 0.15) is 5.75 Å². The van der Waals surface area contributed by atoms with E-state index in [4.69, 9.17) is 4.65 Å². The zero-order chi connectivity index (χ0) is 25.4. The van der Waals surface area contributed by atoms with E-state index in [2.05, 4.69) is 0 Å². The Bertz CT molecular complexity index is 1080. The van der Waals surface area contributed by atoms with E-state index in [1.165, 1.54) is 0 Å². The Hall–Kier alpha value is -2.42. The number of benzene rings is 1. The minimum Gasteiger partial charge on any atom is -0.507 e. The lowest BCUT2D eigenvalue weighted by Crippen LogP contribution is -2.47. The minimum absolute atomic E-state index is 0.0203. The van der Waals surface area contributed by atoms with Crippen LogP contribution in [0.4, 0.5) is 0 Å². The number of para-hydroxylation sites is 1. The SMILES string of the molecule is C/C(=C\c1ccccc1O)CC[C@H]1OB(O)C[C@H]2C1=C(CO)C[C@H]1C(=O)N(C3CCCCC3)C(=O)[C@H]12. The fourth-order valence-corrected chi connectivity index (χ4v) is 6.94. The summed E-state index contributed by atoms with van der Waals surface area (Å²) >= 11 is 0. The highest BCUT2D eigenvalue weighted by molar-refractivity contribution is 6.43. The van der Waals surface area contributed by atoms with Crippen LogP contribution in [0.2, 0.25) is 6.32 Å². The normalized spacial score (nSPS) is 29.6. The molecular weight excluding hydrogens is 457 g/mol. The average Bonchev–Trinajstić information content (AvgIpc) is 3.13. The van der Waals surface area contributed by atoms with Gasteiger partial charge in [-0.15, -0.1) is 0 Å². The number of amides is 2. The van der Waals surface area contributed by atoms with E-state index in [1.54, 1.807) is 17.0 Å². The molecule has 0 unspecified atom stereocenters. The number of aliphatic hydroxyl groups is 1. The molecule has 1 saturated carbocycles. The summed E-state index contributed by atoms with van der Waals surface area (Å²) in [5.74, 6) is -1.21. The Balaban J connectivity index is 1.38. The van der Waals surface area contributed by atoms with Crippen molar-refractivity contribution in [3.63, 3.8) is 0 Å². The molecule has 7 nitrogen and oxygen atoms in total. The summed E-state index contributed by atoms with van der Waals surface area (Å²) in [4.78, 5) is 28.7. The number of carbonyl (C=O) groups excluding carboxylic acids is 2. The fraction of sp³-hybridized carbons (Fsp3) is 0.571. The molecule has 2 saturated heterocycles. The lowest BCUT2D eigenvalue weighted by atomic mass is 9.58. The van der Waals surface area contributed by atoms with Crippen LogP contribution in [0, 0.1) is 17.8 Å². The van der Waals surface area contributed by atoms with Crippen molar-refractivity contribution in [3.05, 3.63) is 46.5 Å². The number of hydrogen-bond acceptors (Lipinski definition) is 6. The summed E-state index contributed by atoms with van der Waals surface area (Å²) in [7, 11) is -1.02. The van der Waals surface area contributed by atoms with E-state index in [-0.39, 0.29) is 42.5 Å². The zero-order valence-electron chi connectivity index (χ0n) is 20.9. The van der Waals surface area contributed by atoms with E-state index >= 15 is 0 Å². The highest BCUT2D eigenvalue weighted by atomic mass is 16.5. The molecule has 3 fully saturated rings. The smallest absolute Gasteiger partial charge is 0.455 e. The van der Waals surface area contributed by atoms with Gasteiger partial charge in [-0.2, -0.15) is 0 Å². The maximum absolute atomic E-state index is 13.7. The first kappa shape index (κ1) is 25.2. The summed E-state index contributed by atoms with van der Waals surface area (Å²) < 4.78 is 5.97. The predicted molar refractivity (Wildman–Crippen MR) is 137 cm³/mol. The number of imide groups is 1. The topological polar surface area (TPSA) is 107 Å². The van der Waals surface area contributed by atoms with Crippen LogP contribution in [0.3, 0.4) is 0 Å². The second-order valence-corrected chi connectivity index (χ2v) is 10.9. The second-order valence-electron chi connectivity index (χ2n) is 10.9. The standard InChI is InChI=1S/C28H36BNO6/c1-17(13-18-7-5-6-10-23(18)32)11-12-24-25-19(16-31)14-21-26(22(25)15-29(35)36-24)28(34)30(27(21)33)20-8-3-2-4-9-20/h5-7,10,13,20-22,24,26,31-32,35H,2-4,8-9,11-12,14-16H2,1H3/b17-13+/t21-,22+,24-,26-/m1/s1. The molecule has 1 aromatic carbocycles. The molecule has 5 rings (SSSR count). The van der Waals surface area contributed by atoms with Crippen molar-refractivity contribution in [2.45, 2.75) is 76.8 Å². The molecule has 0 radical (unpaired) electrons. The van der Waals surface area contributed by atoms with E-state index in [9.17, 15) is 24.8 Å². The van der Waals surface area contributed by atoms with Gasteiger partial charge in [0.15, 0.2) is 0 Å². The third-order valence-electron chi connectivity index (χ3n) is 8.61. The molecule has 192 valence electrons. The molecule has 4 aliphatic rings. The Morgan fingerprint density at radius 3 is 2.61 bits per heavy atom. The summed E-state index contributed by atoms with van der Waals surface area (Å²) in [6.45, 7) is 1.81. The van der Waals surface area contributed by atoms with Crippen LogP contribution in [0.25, 0.3) is 6.08 Å². The number of aliphatic hydroxyl groups excluding tert-OH is 1. The second kappa shape index (κ2) is 10.5. The van der Waals surface area contributed by atoms with Crippen LogP contribution in [-0.2, 0) is 14.2 Å². The number of carbonyl (C=O) groups is 2. The van der Waals surface area contributed by atoms with Crippen molar-refractivity contribution < 1.29 is 29.5 Å². The highest BCUT2D eigenvalue weighted by Crippen LogP contribution is 2.51. The Kier molecular flexibility index (Phi) is 7.38. The van der Waals surface area contributed by atoms with Gasteiger partial charge in [-0.3, -0.25) is 14.5 Å². The quantitative estimate of drug-likeness (QED) is 0.317. The lowest BCUT2D eigenvalue weighted by molar-refractivity contribution is -0.143. The fourth-order valence-electron chi connectivity index (χ4n) is 6.94. The van der Waals surface area contributed by atoms with Gasteiger partial charge >= 0.3 is 7.12 Å². The van der Waals surface area contributed by atoms with Gasteiger partial charge < -0.3 is 19.9 Å². The van der Waals surface area contributed by atoms with Crippen molar-refractivity contribution in [3.8, 4) is 5.75 Å². The van der Waals surface area contributed by atoms with Gasteiger partial charge in [0.2, 0.25) is 11.8 Å². The number of aromatic hydroxyl groups is 1. The Morgan fingerprint density at radius 2 is 1.89 bits per heavy atom. The number of hydrogen-bond donors (Lipinski definition) is 3. The number of likely N-dealkylation sites (tertiary alicyclic amines) is 1. The van der Waals surface area contributed by atoms with Crippen LogP contribution in [0.15, 0.2) is 41.0 Å². The highest BCUT2D eigenvalue weighted by Gasteiger charge is 2.58. The van der Waals surface area contributed by atoms with Crippen LogP contribution < -0.4 is 0 Å². The number of nitrogens with zero attached hydrogens (tertiary/aromatic N) is 1. The number of fused-ring (bicyclic) bond motifs is 3. The van der Waals surface area contributed by atoms with E-state index in [1.807, 2.05) is 25.1 Å². The van der Waals surface area contributed by atoms with E-state index in [0.717, 1.165) is 54.4 Å². The van der Waals surface area contributed by atoms with Gasteiger partial charge in [-0.25, -0.2) is 0 Å². The molecule has 2 aliphatic carbocycles. The van der Waals surface area contributed by atoms with Crippen LogP contribution in [-0.4, -0.2) is 57.8 Å². The zero-order valence-corrected chi connectivity index (χ0v) is 20.9. The number of rotatable bonds is 6. The van der Waals surface area contributed by atoms with Gasteiger partial charge in [-0.1, -0.05) is 49.1 Å². The van der Waals surface area contributed by atoms with Gasteiger partial charge in [-0.05, 0) is 68.5 Å². The van der Waals surface area contributed by atoms with Crippen LogP contribution in [0.1, 0.15) is 63.9 Å². The van der Waals surface area contributed by atoms with Crippen molar-refractivity contribution in [2.75, 3.05) is 6.61 Å². The van der Waals surface area contributed by atoms with Gasteiger partial charge in [0, 0.05) is 11.6 Å². The number of phenolic OH excluding ortho intramolecular Hbond substituents is 1. The molecule has 3 N–H and O–H groups in total. The summed E-state index contributed by atoms with van der Waals surface area (Å²) in [6, 6.07) is 7.13. The van der Waals surface area contributed by atoms with Crippen LogP contribution in [0.5, 0.6) is 5.75 Å². The summed E-state index contributed by atoms with van der Waals surface area (Å²) in [5.41, 5.74) is 3.48. The molecule has 4 atom stereocenters. The van der Waals surface area contributed by atoms with E-state index < -0.39 is 25.1 Å². The molecule has 2 heterocycles. The molecule has 0 aromatic heterocycles. The summed E-state index contributed by atoms with van der Waals surface area (Å²) in [5, 5.41) is 31.0. The lowest BCUT2D eigenvalue weighted by Gasteiger charge is -2.43. The molecule has 36 heavy (non-hydrogen) atoms. The molecule has 1 aromatic rings. The largest absolute Gasteiger partial charge is 0.507 e. The number of phenols is 1. The molecule has 2 amide bonds. The van der Waals surface area contributed by atoms with Gasteiger partial charge in [0.05, 0.1) is 24.5 Å². The first-order valence-corrected chi connectivity index (χ1v) is 13.4. The number of allylic oxidation sites excluding steroid dienone is 1. The van der Waals surface area contributed by atoms with Crippen molar-refractivity contribution >= 4 is 25.0 Å². The average molecular weight is 493 g/mol. The molecule has 0 spiro atoms. The third kappa shape index (κ3) is 4.66. The monoisotopic (exact) mass is 493 g/mol. The first-order valence-electron chi connectivity index (χ1n) is 13.4. The minimum atomic E-state index is -1.02. The maximum Gasteiger partial charge on any atom is 0.455 e. The molecule has 8 heteroatoms. The Morgan fingerprint density at radius 1 is 1.14 bits per heavy atom. The van der Waals surface area contributed by atoms with Gasteiger partial charge in [0.25, 0.3) is 0 Å². The molecule has 0 bridgehead atoms. The summed E-state index contributed by atoms with van der Waals surface area (Å²) in [6.07, 6.45) is 8.34. The molecule has 2 aliphatic heterocycles. The van der Waals surface area contributed by atoms with Crippen molar-refractivity contribution in [1.82, 2.24) is 4.90 Å². The van der Waals surface area contributed by atoms with E-state index in [0.29, 0.717) is 19.3 Å². The van der Waals surface area contributed by atoms with Crippen LogP contribution >= 0.6 is 0 Å². The maximum atomic E-state index is 13.7. The molecular formula is C28H36BNO6. The first-order chi connectivity index (χ1) is 17.4. The Labute approximate surface area is 213 Å². The third-order valence-corrected chi connectivity index (χ3v) is 8.61. The van der Waals surface area contributed by atoms with Crippen molar-refractivity contribution in [1.29, 1.82) is 0 Å².